The highest BCUT2D eigenvalue weighted by atomic mass is 35.5. The highest BCUT2D eigenvalue weighted by molar-refractivity contribution is 6.31. The minimum Gasteiger partial charge on any atom is -0.462 e. The van der Waals surface area contributed by atoms with Crippen molar-refractivity contribution in [2.24, 2.45) is 0 Å². The predicted octanol–water partition coefficient (Wildman–Crippen LogP) is 2.04. The van der Waals surface area contributed by atoms with Gasteiger partial charge in [-0.1, -0.05) is 29.8 Å². The van der Waals surface area contributed by atoms with Gasteiger partial charge in [-0.3, -0.25) is 4.79 Å². The molecule has 0 saturated heterocycles. The molecule has 1 atom stereocenters. The highest BCUT2D eigenvalue weighted by Crippen LogP contribution is 2.24. The predicted molar refractivity (Wildman–Crippen MR) is 72.7 cm³/mol. The van der Waals surface area contributed by atoms with Crippen molar-refractivity contribution in [3.05, 3.63) is 41.6 Å². The van der Waals surface area contributed by atoms with Gasteiger partial charge in [-0.25, -0.2) is 4.68 Å². The molecule has 0 saturated carbocycles. The van der Waals surface area contributed by atoms with Gasteiger partial charge < -0.3 is 10.1 Å². The SMILES string of the molecule is CNC(=O)C(C)Oc1nn(-c2ccccc2)cc1Cl. The van der Waals surface area contributed by atoms with Crippen LogP contribution in [0.1, 0.15) is 6.92 Å². The van der Waals surface area contributed by atoms with Crippen molar-refractivity contribution in [3.63, 3.8) is 0 Å². The average Bonchev–Trinajstić information content (AvgIpc) is 2.80. The molecule has 0 bridgehead atoms. The fraction of sp³-hybridized carbons (Fsp3) is 0.231. The Morgan fingerprint density at radius 2 is 2.11 bits per heavy atom. The van der Waals surface area contributed by atoms with E-state index in [1.54, 1.807) is 24.9 Å². The third-order valence-corrected chi connectivity index (χ3v) is 2.82. The minimum absolute atomic E-state index is 0.231. The third-order valence-electron chi connectivity index (χ3n) is 2.56. The summed E-state index contributed by atoms with van der Waals surface area (Å²) >= 11 is 6.05. The van der Waals surface area contributed by atoms with E-state index in [4.69, 9.17) is 16.3 Å². The number of nitrogens with zero attached hydrogens (tertiary/aromatic N) is 2. The van der Waals surface area contributed by atoms with E-state index >= 15 is 0 Å². The summed E-state index contributed by atoms with van der Waals surface area (Å²) in [5.74, 6) is 0.00643. The fourth-order valence-corrected chi connectivity index (χ4v) is 1.73. The molecule has 0 aliphatic carbocycles. The van der Waals surface area contributed by atoms with Crippen LogP contribution in [0.2, 0.25) is 5.02 Å². The normalized spacial score (nSPS) is 11.9. The summed E-state index contributed by atoms with van der Waals surface area (Å²) in [6.45, 7) is 1.64. The van der Waals surface area contributed by atoms with E-state index in [0.717, 1.165) is 5.69 Å². The highest BCUT2D eigenvalue weighted by Gasteiger charge is 2.17. The summed E-state index contributed by atoms with van der Waals surface area (Å²) in [6, 6.07) is 9.52. The number of nitrogens with one attached hydrogen (secondary N) is 1. The second-order valence-corrected chi connectivity index (χ2v) is 4.34. The van der Waals surface area contributed by atoms with Crippen molar-refractivity contribution < 1.29 is 9.53 Å². The largest absolute Gasteiger partial charge is 0.462 e. The number of amides is 1. The standard InChI is InChI=1S/C13H14ClN3O2/c1-9(12(18)15-2)19-13-11(14)8-17(16-13)10-6-4-3-5-7-10/h3-9H,1-2H3,(H,15,18). The van der Waals surface area contributed by atoms with Crippen molar-refractivity contribution >= 4 is 17.5 Å². The molecule has 0 radical (unpaired) electrons. The van der Waals surface area contributed by atoms with Crippen molar-refractivity contribution in [2.75, 3.05) is 7.05 Å². The lowest BCUT2D eigenvalue weighted by Gasteiger charge is -2.10. The topological polar surface area (TPSA) is 56.1 Å². The lowest BCUT2D eigenvalue weighted by molar-refractivity contribution is -0.126. The van der Waals surface area contributed by atoms with Crippen LogP contribution in [0.15, 0.2) is 36.5 Å². The first-order valence-corrected chi connectivity index (χ1v) is 6.18. The lowest BCUT2D eigenvalue weighted by Crippen LogP contribution is -2.33. The molecule has 0 aliphatic heterocycles. The quantitative estimate of drug-likeness (QED) is 0.932. The summed E-state index contributed by atoms with van der Waals surface area (Å²) in [6.07, 6.45) is 0.990. The molecule has 19 heavy (non-hydrogen) atoms. The van der Waals surface area contributed by atoms with Crippen LogP contribution in [-0.4, -0.2) is 28.8 Å². The van der Waals surface area contributed by atoms with E-state index in [0.29, 0.717) is 5.02 Å². The van der Waals surface area contributed by atoms with Crippen LogP contribution in [-0.2, 0) is 4.79 Å². The summed E-state index contributed by atoms with van der Waals surface area (Å²) in [5, 5.41) is 7.08. The maximum absolute atomic E-state index is 11.4. The van der Waals surface area contributed by atoms with Crippen LogP contribution in [0, 0.1) is 0 Å². The molecule has 6 heteroatoms. The molecule has 1 unspecified atom stereocenters. The van der Waals surface area contributed by atoms with Crippen LogP contribution >= 0.6 is 11.6 Å². The van der Waals surface area contributed by atoms with Crippen LogP contribution in [0.3, 0.4) is 0 Å². The number of hydrogen-bond acceptors (Lipinski definition) is 3. The Morgan fingerprint density at radius 3 is 2.74 bits per heavy atom. The van der Waals surface area contributed by atoms with Gasteiger partial charge in [0, 0.05) is 7.05 Å². The van der Waals surface area contributed by atoms with Crippen LogP contribution in [0.5, 0.6) is 5.88 Å². The number of rotatable bonds is 4. The monoisotopic (exact) mass is 279 g/mol. The van der Waals surface area contributed by atoms with E-state index in [9.17, 15) is 4.79 Å². The molecule has 1 heterocycles. The summed E-state index contributed by atoms with van der Waals surface area (Å²) in [4.78, 5) is 11.4. The van der Waals surface area contributed by atoms with Gasteiger partial charge >= 0.3 is 0 Å². The third kappa shape index (κ3) is 3.06. The van der Waals surface area contributed by atoms with Gasteiger partial charge in [0.15, 0.2) is 6.10 Å². The molecule has 2 aromatic rings. The van der Waals surface area contributed by atoms with Crippen molar-refractivity contribution in [2.45, 2.75) is 13.0 Å². The fourth-order valence-electron chi connectivity index (χ4n) is 1.55. The van der Waals surface area contributed by atoms with Crippen molar-refractivity contribution in [3.8, 4) is 11.6 Å². The van der Waals surface area contributed by atoms with E-state index in [1.165, 1.54) is 0 Å². The second-order valence-electron chi connectivity index (χ2n) is 3.94. The van der Waals surface area contributed by atoms with Crippen molar-refractivity contribution in [1.29, 1.82) is 0 Å². The van der Waals surface area contributed by atoms with Crippen molar-refractivity contribution in [1.82, 2.24) is 15.1 Å². The van der Waals surface area contributed by atoms with Gasteiger partial charge in [0.2, 0.25) is 0 Å². The molecule has 0 aliphatic rings. The number of likely N-dealkylation sites (N-methyl/N-ethyl adjacent to an activating group) is 1. The molecule has 1 aromatic carbocycles. The van der Waals surface area contributed by atoms with Crippen LogP contribution < -0.4 is 10.1 Å². The number of carbonyl (C=O) groups excluding carboxylic acids is 1. The summed E-state index contributed by atoms with van der Waals surface area (Å²) < 4.78 is 7.03. The Hall–Kier alpha value is -2.01. The molecule has 1 amide bonds. The minimum atomic E-state index is -0.651. The molecule has 1 aromatic heterocycles. The van der Waals surface area contributed by atoms with E-state index in [-0.39, 0.29) is 11.8 Å². The molecular weight excluding hydrogens is 266 g/mol. The molecule has 0 spiro atoms. The van der Waals surface area contributed by atoms with Gasteiger partial charge in [-0.05, 0) is 19.1 Å². The summed E-state index contributed by atoms with van der Waals surface area (Å²) in [7, 11) is 1.55. The van der Waals surface area contributed by atoms with E-state index in [2.05, 4.69) is 10.4 Å². The number of hydrogen-bond donors (Lipinski definition) is 1. The van der Waals surface area contributed by atoms with Crippen LogP contribution in [0.25, 0.3) is 5.69 Å². The van der Waals surface area contributed by atoms with Gasteiger partial charge in [-0.15, -0.1) is 5.10 Å². The Kier molecular flexibility index (Phi) is 4.06. The van der Waals surface area contributed by atoms with E-state index in [1.807, 2.05) is 30.3 Å². The number of ether oxygens (including phenoxy) is 1. The molecule has 1 N–H and O–H groups in total. The number of para-hydroxylation sites is 1. The lowest BCUT2D eigenvalue weighted by atomic mass is 10.3. The number of halogens is 1. The first kappa shape index (κ1) is 13.4. The first-order chi connectivity index (χ1) is 9.11. The maximum Gasteiger partial charge on any atom is 0.260 e. The first-order valence-electron chi connectivity index (χ1n) is 5.80. The molecule has 2 rings (SSSR count). The van der Waals surface area contributed by atoms with Crippen LogP contribution in [0.4, 0.5) is 0 Å². The van der Waals surface area contributed by atoms with E-state index < -0.39 is 6.10 Å². The Balaban J connectivity index is 2.20. The molecule has 5 nitrogen and oxygen atoms in total. The number of aromatic nitrogens is 2. The van der Waals surface area contributed by atoms with Gasteiger partial charge in [-0.2, -0.15) is 0 Å². The molecule has 100 valence electrons. The Morgan fingerprint density at radius 1 is 1.42 bits per heavy atom. The number of benzene rings is 1. The summed E-state index contributed by atoms with van der Waals surface area (Å²) in [5.41, 5.74) is 0.867. The zero-order chi connectivity index (χ0) is 13.8. The smallest absolute Gasteiger partial charge is 0.260 e. The second kappa shape index (κ2) is 5.75. The zero-order valence-electron chi connectivity index (χ0n) is 10.6. The van der Waals surface area contributed by atoms with Gasteiger partial charge in [0.1, 0.15) is 5.02 Å². The van der Waals surface area contributed by atoms with Gasteiger partial charge in [0.05, 0.1) is 11.9 Å². The molecule has 0 fully saturated rings. The van der Waals surface area contributed by atoms with Gasteiger partial charge in [0.25, 0.3) is 11.8 Å². The number of carbonyl (C=O) groups is 1. The maximum atomic E-state index is 11.4. The Labute approximate surface area is 116 Å². The zero-order valence-corrected chi connectivity index (χ0v) is 11.4. The Bertz CT molecular complexity index is 569. The molecular formula is C13H14ClN3O2. The average molecular weight is 280 g/mol.